The van der Waals surface area contributed by atoms with E-state index in [1.165, 1.54) is 32.7 Å². The van der Waals surface area contributed by atoms with Crippen molar-refractivity contribution in [3.05, 3.63) is 131 Å². The minimum absolute atomic E-state index is 0.202. The lowest BCUT2D eigenvalue weighted by atomic mass is 9.89. The van der Waals surface area contributed by atoms with Crippen molar-refractivity contribution in [3.63, 3.8) is 0 Å². The maximum absolute atomic E-state index is 15.8. The Bertz CT molecular complexity index is 1650. The third-order valence-corrected chi connectivity index (χ3v) is 12.1. The largest absolute Gasteiger partial charge is 0.630 e. The summed E-state index contributed by atoms with van der Waals surface area (Å²) >= 11 is 0. The van der Waals surface area contributed by atoms with Gasteiger partial charge in [-0.15, -0.1) is 14.1 Å². The Balaban J connectivity index is 1.37. The summed E-state index contributed by atoms with van der Waals surface area (Å²) in [5, 5.41) is 4.89. The zero-order valence-electron chi connectivity index (χ0n) is 24.5. The van der Waals surface area contributed by atoms with Gasteiger partial charge in [0.15, 0.2) is 0 Å². The quantitative estimate of drug-likeness (QED) is 0.152. The Morgan fingerprint density at radius 1 is 0.667 bits per heavy atom. The maximum Gasteiger partial charge on any atom is 0.238 e. The molecular weight excluding hydrogens is 533 g/mol. The van der Waals surface area contributed by atoms with Crippen molar-refractivity contribution in [2.75, 3.05) is 0 Å². The van der Waals surface area contributed by atoms with Crippen LogP contribution < -0.4 is 4.89 Å². The average molecular weight is 572 g/mol. The van der Waals surface area contributed by atoms with Crippen molar-refractivity contribution in [1.82, 2.24) is 9.34 Å². The summed E-state index contributed by atoms with van der Waals surface area (Å²) in [6, 6.07) is 36.8. The molecule has 0 spiro atoms. The molecule has 1 aliphatic heterocycles. The van der Waals surface area contributed by atoms with Crippen LogP contribution in [0, 0.1) is 13.8 Å². The monoisotopic (exact) mass is 571 g/mol. The molecule has 1 saturated carbocycles. The Hall–Kier alpha value is -3.40. The van der Waals surface area contributed by atoms with Crippen molar-refractivity contribution in [3.8, 4) is 0 Å². The fourth-order valence-corrected chi connectivity index (χ4v) is 10.1. The first-order valence-corrected chi connectivity index (χ1v) is 16.8. The van der Waals surface area contributed by atoms with E-state index in [1.54, 1.807) is 0 Å². The van der Waals surface area contributed by atoms with Crippen molar-refractivity contribution >= 4 is 35.7 Å². The predicted molar refractivity (Wildman–Crippen MR) is 175 cm³/mol. The van der Waals surface area contributed by atoms with E-state index in [-0.39, 0.29) is 12.1 Å². The molecule has 212 valence electrons. The van der Waals surface area contributed by atoms with Crippen LogP contribution in [-0.2, 0) is 13.1 Å². The number of aryl methyl sites for hydroxylation is 2. The Labute approximate surface area is 249 Å². The highest BCUT2D eigenvalue weighted by Crippen LogP contribution is 2.69. The molecule has 1 heterocycles. The molecule has 0 radical (unpaired) electrons. The van der Waals surface area contributed by atoms with Gasteiger partial charge in [-0.25, -0.2) is 0 Å². The van der Waals surface area contributed by atoms with E-state index in [4.69, 9.17) is 4.76 Å². The SMILES string of the molecule is Cc1cccc(C)c1/C=N/[P+]1([O-])N(Cc2cccc3ccccc23)[C@@H]2CCCC[C@H]2N1Cc1cccc2ccccc12. The van der Waals surface area contributed by atoms with Gasteiger partial charge in [0, 0.05) is 5.56 Å². The van der Waals surface area contributed by atoms with E-state index in [1.807, 2.05) is 6.21 Å². The van der Waals surface area contributed by atoms with Gasteiger partial charge in [0.25, 0.3) is 0 Å². The highest BCUT2D eigenvalue weighted by atomic mass is 31.2. The highest BCUT2D eigenvalue weighted by Gasteiger charge is 2.59. The molecule has 5 aromatic carbocycles. The van der Waals surface area contributed by atoms with E-state index in [9.17, 15) is 0 Å². The fourth-order valence-electron chi connectivity index (χ4n) is 7.25. The smallest absolute Gasteiger partial charge is 0.238 e. The van der Waals surface area contributed by atoms with E-state index in [0.29, 0.717) is 13.1 Å². The van der Waals surface area contributed by atoms with E-state index in [2.05, 4.69) is 126 Å². The van der Waals surface area contributed by atoms with Crippen LogP contribution in [0.15, 0.2) is 108 Å². The van der Waals surface area contributed by atoms with Crippen molar-refractivity contribution in [2.24, 2.45) is 4.76 Å². The van der Waals surface area contributed by atoms with Crippen LogP contribution in [0.3, 0.4) is 0 Å². The van der Waals surface area contributed by atoms with Crippen LogP contribution in [-0.4, -0.2) is 27.6 Å². The molecule has 5 aromatic rings. The van der Waals surface area contributed by atoms with Gasteiger partial charge in [0.2, 0.25) is 7.94 Å². The molecule has 1 aliphatic carbocycles. The summed E-state index contributed by atoms with van der Waals surface area (Å²) in [4.78, 5) is 15.8. The zero-order valence-corrected chi connectivity index (χ0v) is 25.4. The number of benzene rings is 5. The summed E-state index contributed by atoms with van der Waals surface area (Å²) in [5.74, 6) is 0. The molecule has 0 N–H and O–H groups in total. The van der Waals surface area contributed by atoms with Crippen molar-refractivity contribution in [2.45, 2.75) is 64.7 Å². The van der Waals surface area contributed by atoms with E-state index < -0.39 is 7.94 Å². The fraction of sp³-hybridized carbons (Fsp3) is 0.270. The molecule has 4 nitrogen and oxygen atoms in total. The summed E-state index contributed by atoms with van der Waals surface area (Å²) in [7, 11) is -3.35. The molecule has 0 bridgehead atoms. The van der Waals surface area contributed by atoms with Crippen LogP contribution in [0.4, 0.5) is 0 Å². The lowest BCUT2D eigenvalue weighted by molar-refractivity contribution is -0.192. The van der Waals surface area contributed by atoms with Gasteiger partial charge < -0.3 is 4.89 Å². The summed E-state index contributed by atoms with van der Waals surface area (Å²) in [6.07, 6.45) is 6.33. The number of fused-ring (bicyclic) bond motifs is 3. The van der Waals surface area contributed by atoms with Gasteiger partial charge in [-0.05, 0) is 70.5 Å². The minimum atomic E-state index is -3.35. The second-order valence-electron chi connectivity index (χ2n) is 12.0. The standard InChI is InChI=1S/C37H38N3OP/c1-27-12-9-13-28(2)35(27)24-38-42(41)39(25-31-18-10-16-29-14-3-5-20-33(29)31)36-22-7-8-23-37(36)40(42)26-32-19-11-17-30-15-4-6-21-34(30)32/h3-6,9-21,24,36-37H,7-8,22-23,25-26H2,1-2H3/b38-24+/t36-,37-/m1/s1. The van der Waals surface area contributed by atoms with Gasteiger partial charge in [0.1, 0.15) is 0 Å². The molecule has 2 fully saturated rings. The number of hydrogen-bond acceptors (Lipinski definition) is 4. The molecule has 0 amide bonds. The summed E-state index contributed by atoms with van der Waals surface area (Å²) < 4.78 is 9.77. The first-order valence-electron chi connectivity index (χ1n) is 15.2. The summed E-state index contributed by atoms with van der Waals surface area (Å²) in [6.45, 7) is 5.47. The third-order valence-electron chi connectivity index (χ3n) is 9.43. The van der Waals surface area contributed by atoms with E-state index >= 15 is 4.89 Å². The van der Waals surface area contributed by atoms with Crippen LogP contribution in [0.25, 0.3) is 21.5 Å². The average Bonchev–Trinajstić information content (AvgIpc) is 3.24. The van der Waals surface area contributed by atoms with E-state index in [0.717, 1.165) is 42.4 Å². The number of rotatable bonds is 6. The van der Waals surface area contributed by atoms with Crippen LogP contribution >= 0.6 is 7.94 Å². The predicted octanol–water partition coefficient (Wildman–Crippen LogP) is 8.40. The van der Waals surface area contributed by atoms with Gasteiger partial charge in [-0.2, -0.15) is 0 Å². The van der Waals surface area contributed by atoms with Gasteiger partial charge in [-0.3, -0.25) is 0 Å². The molecule has 0 aromatic heterocycles. The molecule has 7 rings (SSSR count). The summed E-state index contributed by atoms with van der Waals surface area (Å²) in [5.41, 5.74) is 5.81. The Morgan fingerprint density at radius 2 is 1.12 bits per heavy atom. The molecule has 0 unspecified atom stereocenters. The normalized spacial score (nSPS) is 20.9. The highest BCUT2D eigenvalue weighted by molar-refractivity contribution is 7.63. The zero-order chi connectivity index (χ0) is 28.7. The Morgan fingerprint density at radius 3 is 1.64 bits per heavy atom. The number of hydrogen-bond donors (Lipinski definition) is 0. The van der Waals surface area contributed by atoms with Gasteiger partial charge in [0.05, 0.1) is 31.4 Å². The second-order valence-corrected chi connectivity index (χ2v) is 14.2. The van der Waals surface area contributed by atoms with Gasteiger partial charge in [-0.1, -0.05) is 116 Å². The topological polar surface area (TPSA) is 41.9 Å². The van der Waals surface area contributed by atoms with Crippen molar-refractivity contribution < 1.29 is 4.89 Å². The number of nitrogens with zero attached hydrogens (tertiary/aromatic N) is 3. The molecule has 5 heteroatoms. The van der Waals surface area contributed by atoms with Crippen LogP contribution in [0.1, 0.15) is 53.5 Å². The minimum Gasteiger partial charge on any atom is -0.630 e. The van der Waals surface area contributed by atoms with Gasteiger partial charge >= 0.3 is 0 Å². The van der Waals surface area contributed by atoms with Crippen LogP contribution in [0.5, 0.6) is 0 Å². The second kappa shape index (κ2) is 11.4. The molecule has 2 atom stereocenters. The molecular formula is C37H38N3OP. The van der Waals surface area contributed by atoms with Crippen LogP contribution in [0.2, 0.25) is 0 Å². The first-order chi connectivity index (χ1) is 20.5. The Kier molecular flexibility index (Phi) is 7.42. The van der Waals surface area contributed by atoms with Crippen molar-refractivity contribution in [1.29, 1.82) is 0 Å². The molecule has 42 heavy (non-hydrogen) atoms. The maximum atomic E-state index is 15.8. The molecule has 2 aliphatic rings. The lowest BCUT2D eigenvalue weighted by Gasteiger charge is -2.36. The third kappa shape index (κ3) is 4.87. The lowest BCUT2D eigenvalue weighted by Crippen LogP contribution is -2.39. The molecule has 1 saturated heterocycles. The first kappa shape index (κ1) is 27.4.